The molecule has 12 heteroatoms. The van der Waals surface area contributed by atoms with Gasteiger partial charge in [-0.25, -0.2) is 19.2 Å². The number of likely N-dealkylation sites (tertiary alicyclic amines) is 2. The Morgan fingerprint density at radius 2 is 1.74 bits per heavy atom. The van der Waals surface area contributed by atoms with E-state index in [0.717, 1.165) is 24.9 Å². The molecule has 220 valence electrons. The monoisotopic (exact) mass is 591 g/mol. The molecule has 0 aliphatic carbocycles. The third kappa shape index (κ3) is 8.43. The third-order valence-corrected chi connectivity index (χ3v) is 7.56. The molecule has 5 rings (SSSR count). The summed E-state index contributed by atoms with van der Waals surface area (Å²) >= 11 is 5.19. The summed E-state index contributed by atoms with van der Waals surface area (Å²) in [5.41, 5.74) is 1.19. The fraction of sp³-hybridized carbons (Fsp3) is 0.367. The molecule has 2 aliphatic rings. The molecule has 0 atom stereocenters. The van der Waals surface area contributed by atoms with Crippen molar-refractivity contribution in [2.75, 3.05) is 43.4 Å². The summed E-state index contributed by atoms with van der Waals surface area (Å²) in [6, 6.07) is 14.7. The first kappa shape index (κ1) is 29.3. The van der Waals surface area contributed by atoms with E-state index in [0.29, 0.717) is 24.7 Å². The summed E-state index contributed by atoms with van der Waals surface area (Å²) in [5, 5.41) is 8.23. The predicted molar refractivity (Wildman–Crippen MR) is 162 cm³/mol. The number of thiocarbonyl (C=S) groups is 1. The molecule has 42 heavy (non-hydrogen) atoms. The SMILES string of the molecule is O=C(Cc1ccccc1)NC(=S)Nc1ccc(Oc2cc(NC(=O)N3CCC(CN4CCCC4)CC3)ncn2)c(F)c1. The Kier molecular flexibility index (Phi) is 9.88. The third-order valence-electron chi connectivity index (χ3n) is 7.36. The molecule has 2 aromatic carbocycles. The van der Waals surface area contributed by atoms with Crippen molar-refractivity contribution in [2.45, 2.75) is 32.1 Å². The number of carbonyl (C=O) groups is 2. The molecule has 2 fully saturated rings. The average Bonchev–Trinajstić information content (AvgIpc) is 3.48. The first-order valence-corrected chi connectivity index (χ1v) is 14.5. The lowest BCUT2D eigenvalue weighted by molar-refractivity contribution is -0.119. The minimum Gasteiger partial charge on any atom is -0.436 e. The number of amides is 3. The van der Waals surface area contributed by atoms with Gasteiger partial charge in [-0.15, -0.1) is 0 Å². The number of piperidine rings is 1. The number of ether oxygens (including phenoxy) is 1. The molecule has 1 aromatic heterocycles. The molecule has 10 nitrogen and oxygen atoms in total. The molecule has 0 bridgehead atoms. The van der Waals surface area contributed by atoms with Crippen molar-refractivity contribution in [3.63, 3.8) is 0 Å². The Bertz CT molecular complexity index is 1400. The van der Waals surface area contributed by atoms with Gasteiger partial charge < -0.3 is 25.2 Å². The lowest BCUT2D eigenvalue weighted by Crippen LogP contribution is -2.43. The first-order chi connectivity index (χ1) is 20.4. The van der Waals surface area contributed by atoms with Crippen LogP contribution in [-0.4, -0.2) is 69.5 Å². The van der Waals surface area contributed by atoms with Crippen LogP contribution in [0.15, 0.2) is 60.9 Å². The number of nitrogens with one attached hydrogen (secondary N) is 3. The quantitative estimate of drug-likeness (QED) is 0.321. The van der Waals surface area contributed by atoms with Crippen LogP contribution >= 0.6 is 12.2 Å². The van der Waals surface area contributed by atoms with Gasteiger partial charge in [0.05, 0.1) is 6.42 Å². The van der Waals surface area contributed by atoms with Crippen molar-refractivity contribution in [1.82, 2.24) is 25.1 Å². The number of carbonyl (C=O) groups excluding carboxylic acids is 2. The second kappa shape index (κ2) is 14.1. The highest BCUT2D eigenvalue weighted by atomic mass is 32.1. The van der Waals surface area contributed by atoms with Crippen LogP contribution in [0.4, 0.5) is 20.7 Å². The molecular formula is C30H34FN7O3S. The number of hydrogen-bond donors (Lipinski definition) is 3. The van der Waals surface area contributed by atoms with Crippen molar-refractivity contribution >= 4 is 40.8 Å². The van der Waals surface area contributed by atoms with Gasteiger partial charge in [-0.3, -0.25) is 10.1 Å². The molecule has 0 saturated carbocycles. The smallest absolute Gasteiger partial charge is 0.323 e. The lowest BCUT2D eigenvalue weighted by atomic mass is 9.96. The molecular weight excluding hydrogens is 557 g/mol. The van der Waals surface area contributed by atoms with Crippen molar-refractivity contribution < 1.29 is 18.7 Å². The van der Waals surface area contributed by atoms with E-state index >= 15 is 0 Å². The summed E-state index contributed by atoms with van der Waals surface area (Å²) < 4.78 is 20.4. The predicted octanol–water partition coefficient (Wildman–Crippen LogP) is 4.80. The van der Waals surface area contributed by atoms with E-state index in [1.54, 1.807) is 11.0 Å². The van der Waals surface area contributed by atoms with Crippen LogP contribution in [0.1, 0.15) is 31.2 Å². The number of anilines is 2. The molecule has 0 radical (unpaired) electrons. The largest absolute Gasteiger partial charge is 0.436 e. The zero-order valence-corrected chi connectivity index (χ0v) is 24.0. The van der Waals surface area contributed by atoms with Crippen molar-refractivity contribution in [2.24, 2.45) is 5.92 Å². The van der Waals surface area contributed by atoms with E-state index < -0.39 is 5.82 Å². The zero-order valence-electron chi connectivity index (χ0n) is 23.2. The number of nitrogens with zero attached hydrogens (tertiary/aromatic N) is 4. The fourth-order valence-electron chi connectivity index (χ4n) is 5.19. The van der Waals surface area contributed by atoms with Gasteiger partial charge in [0.1, 0.15) is 12.1 Å². The van der Waals surface area contributed by atoms with Gasteiger partial charge >= 0.3 is 6.03 Å². The van der Waals surface area contributed by atoms with Crippen molar-refractivity contribution in [3.8, 4) is 11.6 Å². The minimum atomic E-state index is -0.667. The fourth-order valence-corrected chi connectivity index (χ4v) is 5.42. The molecule has 0 spiro atoms. The van der Waals surface area contributed by atoms with Gasteiger partial charge in [-0.05, 0) is 74.6 Å². The first-order valence-electron chi connectivity index (χ1n) is 14.1. The van der Waals surface area contributed by atoms with Gasteiger partial charge in [-0.2, -0.15) is 0 Å². The van der Waals surface area contributed by atoms with Gasteiger partial charge in [0, 0.05) is 37.5 Å². The average molecular weight is 592 g/mol. The van der Waals surface area contributed by atoms with E-state index in [4.69, 9.17) is 17.0 Å². The van der Waals surface area contributed by atoms with Crippen LogP contribution in [0.3, 0.4) is 0 Å². The van der Waals surface area contributed by atoms with Gasteiger partial charge in [-0.1, -0.05) is 30.3 Å². The number of hydrogen-bond acceptors (Lipinski definition) is 7. The Balaban J connectivity index is 1.09. The van der Waals surface area contributed by atoms with Crippen LogP contribution in [0.25, 0.3) is 0 Å². The lowest BCUT2D eigenvalue weighted by Gasteiger charge is -2.33. The van der Waals surface area contributed by atoms with Crippen LogP contribution in [0, 0.1) is 11.7 Å². The van der Waals surface area contributed by atoms with E-state index in [9.17, 15) is 14.0 Å². The van der Waals surface area contributed by atoms with Gasteiger partial charge in [0.2, 0.25) is 11.8 Å². The topological polar surface area (TPSA) is 112 Å². The number of rotatable bonds is 8. The second-order valence-corrected chi connectivity index (χ2v) is 10.9. The molecule has 3 heterocycles. The number of halogens is 1. The van der Waals surface area contributed by atoms with Crippen LogP contribution < -0.4 is 20.7 Å². The Labute approximate surface area is 249 Å². The zero-order chi connectivity index (χ0) is 29.3. The van der Waals surface area contributed by atoms with Gasteiger partial charge in [0.25, 0.3) is 0 Å². The minimum absolute atomic E-state index is 0.0519. The Morgan fingerprint density at radius 1 is 0.976 bits per heavy atom. The number of aromatic nitrogens is 2. The summed E-state index contributed by atoms with van der Waals surface area (Å²) in [6.07, 6.45) is 5.95. The Morgan fingerprint density at radius 3 is 2.48 bits per heavy atom. The summed E-state index contributed by atoms with van der Waals surface area (Å²) in [4.78, 5) is 37.5. The molecule has 2 saturated heterocycles. The molecule has 2 aliphatic heterocycles. The van der Waals surface area contributed by atoms with E-state index in [1.165, 1.54) is 50.5 Å². The standard InChI is InChI=1S/C30H34FN7O3S/c31-24-17-23(34-29(42)36-27(39)16-21-6-2-1-3-7-21)8-9-25(24)41-28-18-26(32-20-33-28)35-30(40)38-14-10-22(11-15-38)19-37-12-4-5-13-37/h1-3,6-9,17-18,20,22H,4-5,10-16,19H2,(H,32,33,35,40)(H2,34,36,39,42). The highest BCUT2D eigenvalue weighted by Gasteiger charge is 2.25. The van der Waals surface area contributed by atoms with Crippen LogP contribution in [0.5, 0.6) is 11.6 Å². The van der Waals surface area contributed by atoms with Crippen LogP contribution in [-0.2, 0) is 11.2 Å². The van der Waals surface area contributed by atoms with Crippen molar-refractivity contribution in [3.05, 3.63) is 72.3 Å². The highest BCUT2D eigenvalue weighted by Crippen LogP contribution is 2.27. The van der Waals surface area contributed by atoms with Crippen LogP contribution in [0.2, 0.25) is 0 Å². The van der Waals surface area contributed by atoms with E-state index in [1.807, 2.05) is 30.3 Å². The molecule has 3 amide bonds. The summed E-state index contributed by atoms with van der Waals surface area (Å²) in [6.45, 7) is 4.89. The van der Waals surface area contributed by atoms with Gasteiger partial charge in [0.15, 0.2) is 16.7 Å². The van der Waals surface area contributed by atoms with Crippen molar-refractivity contribution in [1.29, 1.82) is 0 Å². The highest BCUT2D eigenvalue weighted by molar-refractivity contribution is 7.80. The van der Waals surface area contributed by atoms with E-state index in [2.05, 4.69) is 30.8 Å². The maximum absolute atomic E-state index is 14.8. The second-order valence-electron chi connectivity index (χ2n) is 10.5. The number of benzene rings is 2. The Hall–Kier alpha value is -4.16. The molecule has 3 aromatic rings. The normalized spacial score (nSPS) is 15.7. The maximum atomic E-state index is 14.8. The molecule has 0 unspecified atom stereocenters. The maximum Gasteiger partial charge on any atom is 0.323 e. The summed E-state index contributed by atoms with van der Waals surface area (Å²) in [7, 11) is 0. The van der Waals surface area contributed by atoms with E-state index in [-0.39, 0.29) is 40.9 Å². The number of urea groups is 1. The molecule has 3 N–H and O–H groups in total. The summed E-state index contributed by atoms with van der Waals surface area (Å²) in [5.74, 6) is -0.0631.